The summed E-state index contributed by atoms with van der Waals surface area (Å²) in [6, 6.07) is 7.77. The van der Waals surface area contributed by atoms with Crippen molar-refractivity contribution in [3.05, 3.63) is 29.8 Å². The summed E-state index contributed by atoms with van der Waals surface area (Å²) in [4.78, 5) is 16.1. The molecule has 106 valence electrons. The molecule has 0 spiro atoms. The fourth-order valence-electron chi connectivity index (χ4n) is 1.80. The predicted molar refractivity (Wildman–Crippen MR) is 78.8 cm³/mol. The van der Waals surface area contributed by atoms with Gasteiger partial charge in [-0.1, -0.05) is 0 Å². The Labute approximate surface area is 116 Å². The smallest absolute Gasteiger partial charge is 0.253 e. The minimum atomic E-state index is 0.0234. The van der Waals surface area contributed by atoms with Crippen LogP contribution in [0.1, 0.15) is 24.2 Å². The highest BCUT2D eigenvalue weighted by atomic mass is 16.5. The van der Waals surface area contributed by atoms with Gasteiger partial charge in [0, 0.05) is 39.0 Å². The largest absolute Gasteiger partial charge is 0.383 e. The summed E-state index contributed by atoms with van der Waals surface area (Å²) in [5, 5.41) is 0. The lowest BCUT2D eigenvalue weighted by atomic mass is 10.1. The number of methoxy groups -OCH3 is 1. The maximum absolute atomic E-state index is 12.3. The second kappa shape index (κ2) is 7.14. The van der Waals surface area contributed by atoms with Crippen LogP contribution in [0.2, 0.25) is 0 Å². The van der Waals surface area contributed by atoms with Gasteiger partial charge in [0.05, 0.1) is 12.6 Å². The first-order chi connectivity index (χ1) is 9.01. The van der Waals surface area contributed by atoms with Crippen LogP contribution in [-0.2, 0) is 4.74 Å². The van der Waals surface area contributed by atoms with E-state index in [0.29, 0.717) is 12.2 Å². The summed E-state index contributed by atoms with van der Waals surface area (Å²) in [5.41, 5.74) is 1.82. The van der Waals surface area contributed by atoms with Crippen molar-refractivity contribution in [2.24, 2.45) is 0 Å². The number of anilines is 1. The molecule has 1 amide bonds. The monoisotopic (exact) mass is 264 g/mol. The molecule has 0 aliphatic heterocycles. The fraction of sp³-hybridized carbons (Fsp3) is 0.533. The van der Waals surface area contributed by atoms with Crippen LogP contribution in [0.25, 0.3) is 0 Å². The second-order valence-corrected chi connectivity index (χ2v) is 4.78. The lowest BCUT2D eigenvalue weighted by Gasteiger charge is -2.24. The van der Waals surface area contributed by atoms with Crippen LogP contribution < -0.4 is 4.90 Å². The van der Waals surface area contributed by atoms with E-state index in [-0.39, 0.29) is 11.9 Å². The number of carbonyl (C=O) groups excluding carboxylic acids is 1. The Kier molecular flexibility index (Phi) is 5.83. The van der Waals surface area contributed by atoms with E-state index in [0.717, 1.165) is 12.2 Å². The van der Waals surface area contributed by atoms with Crippen LogP contribution in [-0.4, -0.2) is 51.2 Å². The highest BCUT2D eigenvalue weighted by molar-refractivity contribution is 5.94. The lowest BCUT2D eigenvalue weighted by molar-refractivity contribution is 0.0633. The van der Waals surface area contributed by atoms with E-state index in [2.05, 4.69) is 11.8 Å². The first kappa shape index (κ1) is 15.5. The molecule has 0 saturated heterocycles. The van der Waals surface area contributed by atoms with Crippen LogP contribution in [0.4, 0.5) is 5.69 Å². The van der Waals surface area contributed by atoms with Crippen molar-refractivity contribution in [2.75, 3.05) is 39.3 Å². The molecule has 0 saturated carbocycles. The van der Waals surface area contributed by atoms with Crippen molar-refractivity contribution in [1.29, 1.82) is 0 Å². The van der Waals surface area contributed by atoms with Crippen molar-refractivity contribution in [3.63, 3.8) is 0 Å². The summed E-state index contributed by atoms with van der Waals surface area (Å²) in [5.74, 6) is 0.0234. The first-order valence-electron chi connectivity index (χ1n) is 6.58. The van der Waals surface area contributed by atoms with Crippen LogP contribution in [0.15, 0.2) is 24.3 Å². The third-order valence-corrected chi connectivity index (χ3v) is 3.42. The fourth-order valence-corrected chi connectivity index (χ4v) is 1.80. The number of likely N-dealkylation sites (N-methyl/N-ethyl adjacent to an activating group) is 1. The van der Waals surface area contributed by atoms with E-state index in [1.54, 1.807) is 19.1 Å². The zero-order valence-electron chi connectivity index (χ0n) is 12.5. The number of amides is 1. The first-order valence-corrected chi connectivity index (χ1v) is 6.58. The predicted octanol–water partition coefficient (Wildman–Crippen LogP) is 2.25. The normalized spacial score (nSPS) is 12.1. The van der Waals surface area contributed by atoms with Crippen LogP contribution in [0.3, 0.4) is 0 Å². The summed E-state index contributed by atoms with van der Waals surface area (Å²) < 4.78 is 5.08. The van der Waals surface area contributed by atoms with Crippen molar-refractivity contribution in [1.82, 2.24) is 4.90 Å². The lowest BCUT2D eigenvalue weighted by Crippen LogP contribution is -2.37. The maximum Gasteiger partial charge on any atom is 0.253 e. The third kappa shape index (κ3) is 3.96. The van der Waals surface area contributed by atoms with E-state index in [1.807, 2.05) is 38.2 Å². The molecule has 0 aromatic heterocycles. The van der Waals surface area contributed by atoms with Gasteiger partial charge in [0.2, 0.25) is 0 Å². The number of hydrogen-bond acceptors (Lipinski definition) is 3. The Morgan fingerprint density at radius 3 is 2.32 bits per heavy atom. The SMILES string of the molecule is CCN(C)c1ccc(C(=O)N(C)C(C)COC)cc1. The highest BCUT2D eigenvalue weighted by Crippen LogP contribution is 2.15. The average Bonchev–Trinajstić information content (AvgIpc) is 2.45. The van der Waals surface area contributed by atoms with E-state index in [9.17, 15) is 4.79 Å². The quantitative estimate of drug-likeness (QED) is 0.790. The zero-order valence-corrected chi connectivity index (χ0v) is 12.5. The molecular weight excluding hydrogens is 240 g/mol. The molecule has 0 heterocycles. The van der Waals surface area contributed by atoms with Gasteiger partial charge in [0.1, 0.15) is 0 Å². The zero-order chi connectivity index (χ0) is 14.4. The van der Waals surface area contributed by atoms with Crippen molar-refractivity contribution in [3.8, 4) is 0 Å². The Morgan fingerprint density at radius 1 is 1.26 bits per heavy atom. The number of nitrogens with zero attached hydrogens (tertiary/aromatic N) is 2. The van der Waals surface area contributed by atoms with Crippen LogP contribution >= 0.6 is 0 Å². The molecule has 0 aliphatic rings. The number of ether oxygens (including phenoxy) is 1. The average molecular weight is 264 g/mol. The topological polar surface area (TPSA) is 32.8 Å². The molecule has 4 nitrogen and oxygen atoms in total. The van der Waals surface area contributed by atoms with Gasteiger partial charge < -0.3 is 14.5 Å². The molecule has 1 rings (SSSR count). The standard InChI is InChI=1S/C15H24N2O2/c1-6-16(3)14-9-7-13(8-10-14)15(18)17(4)12(2)11-19-5/h7-10,12H,6,11H2,1-5H3. The molecule has 19 heavy (non-hydrogen) atoms. The summed E-state index contributed by atoms with van der Waals surface area (Å²) in [6.45, 7) is 5.55. The van der Waals surface area contributed by atoms with E-state index in [1.165, 1.54) is 0 Å². The summed E-state index contributed by atoms with van der Waals surface area (Å²) in [6.07, 6.45) is 0. The van der Waals surface area contributed by atoms with Crippen LogP contribution in [0.5, 0.6) is 0 Å². The molecule has 1 aromatic carbocycles. The van der Waals surface area contributed by atoms with Gasteiger partial charge in [-0.25, -0.2) is 0 Å². The molecule has 1 atom stereocenters. The van der Waals surface area contributed by atoms with Crippen LogP contribution in [0, 0.1) is 0 Å². The Balaban J connectivity index is 2.77. The van der Waals surface area contributed by atoms with Gasteiger partial charge in [-0.05, 0) is 38.1 Å². The number of benzene rings is 1. The van der Waals surface area contributed by atoms with Gasteiger partial charge >= 0.3 is 0 Å². The van der Waals surface area contributed by atoms with Gasteiger partial charge in [-0.15, -0.1) is 0 Å². The molecule has 0 radical (unpaired) electrons. The van der Waals surface area contributed by atoms with E-state index in [4.69, 9.17) is 4.74 Å². The van der Waals surface area contributed by atoms with Gasteiger partial charge in [-0.2, -0.15) is 0 Å². The van der Waals surface area contributed by atoms with Crippen molar-refractivity contribution >= 4 is 11.6 Å². The minimum absolute atomic E-state index is 0.0234. The molecule has 1 aromatic rings. The van der Waals surface area contributed by atoms with Gasteiger partial charge in [0.15, 0.2) is 0 Å². The molecule has 1 unspecified atom stereocenters. The van der Waals surface area contributed by atoms with Crippen molar-refractivity contribution < 1.29 is 9.53 Å². The van der Waals surface area contributed by atoms with Gasteiger partial charge in [-0.3, -0.25) is 4.79 Å². The number of carbonyl (C=O) groups is 1. The summed E-state index contributed by atoms with van der Waals surface area (Å²) in [7, 11) is 5.48. The van der Waals surface area contributed by atoms with E-state index < -0.39 is 0 Å². The number of hydrogen-bond donors (Lipinski definition) is 0. The highest BCUT2D eigenvalue weighted by Gasteiger charge is 2.17. The molecule has 0 N–H and O–H groups in total. The Morgan fingerprint density at radius 2 is 1.84 bits per heavy atom. The molecule has 0 bridgehead atoms. The molecule has 4 heteroatoms. The van der Waals surface area contributed by atoms with E-state index >= 15 is 0 Å². The Hall–Kier alpha value is -1.55. The Bertz CT molecular complexity index is 403. The molecular formula is C15H24N2O2. The second-order valence-electron chi connectivity index (χ2n) is 4.78. The van der Waals surface area contributed by atoms with Gasteiger partial charge in [0.25, 0.3) is 5.91 Å². The van der Waals surface area contributed by atoms with Crippen molar-refractivity contribution in [2.45, 2.75) is 19.9 Å². The number of rotatable bonds is 6. The third-order valence-electron chi connectivity index (χ3n) is 3.42. The molecule has 0 aliphatic carbocycles. The summed E-state index contributed by atoms with van der Waals surface area (Å²) >= 11 is 0. The molecule has 0 fully saturated rings. The minimum Gasteiger partial charge on any atom is -0.383 e. The maximum atomic E-state index is 12.3.